The van der Waals surface area contributed by atoms with E-state index in [2.05, 4.69) is 29.2 Å². The van der Waals surface area contributed by atoms with Crippen LogP contribution in [0.2, 0.25) is 10.0 Å². The van der Waals surface area contributed by atoms with Crippen LogP contribution in [0.1, 0.15) is 17.0 Å². The molecule has 1 atom stereocenters. The molecule has 21 heavy (non-hydrogen) atoms. The molecule has 0 aliphatic rings. The number of benzene rings is 2. The van der Waals surface area contributed by atoms with E-state index in [0.29, 0.717) is 16.6 Å². The SMILES string of the molecule is CN(C)c1ccc(CC(CN)c2c(Cl)cccc2Cl)cc1. The fourth-order valence-corrected chi connectivity index (χ4v) is 3.12. The topological polar surface area (TPSA) is 29.3 Å². The molecule has 0 aliphatic carbocycles. The molecule has 0 radical (unpaired) electrons. The Morgan fingerprint density at radius 3 is 2.05 bits per heavy atom. The lowest BCUT2D eigenvalue weighted by molar-refractivity contribution is 0.695. The van der Waals surface area contributed by atoms with Crippen LogP contribution in [0.25, 0.3) is 0 Å². The maximum absolute atomic E-state index is 6.29. The van der Waals surface area contributed by atoms with Crippen LogP contribution < -0.4 is 10.6 Å². The summed E-state index contributed by atoms with van der Waals surface area (Å²) in [5.74, 6) is 0.122. The number of rotatable bonds is 5. The van der Waals surface area contributed by atoms with Gasteiger partial charge in [0.25, 0.3) is 0 Å². The van der Waals surface area contributed by atoms with E-state index in [9.17, 15) is 0 Å². The molecule has 0 fully saturated rings. The molecule has 2 nitrogen and oxygen atoms in total. The molecule has 0 saturated carbocycles. The van der Waals surface area contributed by atoms with Gasteiger partial charge in [-0.3, -0.25) is 0 Å². The van der Waals surface area contributed by atoms with Gasteiger partial charge in [0, 0.05) is 35.7 Å². The van der Waals surface area contributed by atoms with Crippen LogP contribution in [0, 0.1) is 0 Å². The third-order valence-electron chi connectivity index (χ3n) is 3.63. The first-order chi connectivity index (χ1) is 10.0. The molecule has 0 aromatic heterocycles. The highest BCUT2D eigenvalue weighted by molar-refractivity contribution is 6.36. The van der Waals surface area contributed by atoms with Gasteiger partial charge in [0.1, 0.15) is 0 Å². The minimum atomic E-state index is 0.122. The second-order valence-electron chi connectivity index (χ2n) is 5.33. The smallest absolute Gasteiger partial charge is 0.0456 e. The Morgan fingerprint density at radius 1 is 1.00 bits per heavy atom. The minimum absolute atomic E-state index is 0.122. The van der Waals surface area contributed by atoms with Crippen molar-refractivity contribution >= 4 is 28.9 Å². The van der Waals surface area contributed by atoms with Crippen molar-refractivity contribution in [1.82, 2.24) is 0 Å². The van der Waals surface area contributed by atoms with Gasteiger partial charge in [-0.05, 0) is 48.4 Å². The number of hydrogen-bond acceptors (Lipinski definition) is 2. The first-order valence-electron chi connectivity index (χ1n) is 6.93. The van der Waals surface area contributed by atoms with Crippen molar-refractivity contribution in [1.29, 1.82) is 0 Å². The fourth-order valence-electron chi connectivity index (χ4n) is 2.42. The van der Waals surface area contributed by atoms with Gasteiger partial charge in [0.2, 0.25) is 0 Å². The van der Waals surface area contributed by atoms with Gasteiger partial charge >= 0.3 is 0 Å². The van der Waals surface area contributed by atoms with Crippen molar-refractivity contribution in [2.75, 3.05) is 25.5 Å². The van der Waals surface area contributed by atoms with Crippen LogP contribution in [0.3, 0.4) is 0 Å². The minimum Gasteiger partial charge on any atom is -0.378 e. The number of hydrogen-bond donors (Lipinski definition) is 1. The van der Waals surface area contributed by atoms with E-state index in [-0.39, 0.29) is 5.92 Å². The second kappa shape index (κ2) is 7.17. The molecule has 0 amide bonds. The van der Waals surface area contributed by atoms with Crippen molar-refractivity contribution in [2.45, 2.75) is 12.3 Å². The van der Waals surface area contributed by atoms with Gasteiger partial charge in [-0.25, -0.2) is 0 Å². The molecular formula is C17H20Cl2N2. The Hall–Kier alpha value is -1.22. The summed E-state index contributed by atoms with van der Waals surface area (Å²) in [6.07, 6.45) is 0.827. The predicted octanol–water partition coefficient (Wildman–Crippen LogP) is 4.34. The zero-order valence-corrected chi connectivity index (χ0v) is 13.8. The molecule has 112 valence electrons. The van der Waals surface area contributed by atoms with E-state index < -0.39 is 0 Å². The number of anilines is 1. The van der Waals surface area contributed by atoms with Crippen LogP contribution in [-0.4, -0.2) is 20.6 Å². The molecule has 1 unspecified atom stereocenters. The van der Waals surface area contributed by atoms with Crippen LogP contribution >= 0.6 is 23.2 Å². The molecule has 4 heteroatoms. The summed E-state index contributed by atoms with van der Waals surface area (Å²) in [6.45, 7) is 0.513. The van der Waals surface area contributed by atoms with Crippen LogP contribution in [0.4, 0.5) is 5.69 Å². The average molecular weight is 323 g/mol. The molecule has 0 bridgehead atoms. The van der Waals surface area contributed by atoms with Gasteiger partial charge in [-0.1, -0.05) is 41.4 Å². The third-order valence-corrected chi connectivity index (χ3v) is 4.29. The maximum atomic E-state index is 6.29. The Balaban J connectivity index is 2.23. The molecule has 2 aromatic carbocycles. The molecule has 0 heterocycles. The molecule has 2 rings (SSSR count). The Kier molecular flexibility index (Phi) is 5.51. The fraction of sp³-hybridized carbons (Fsp3) is 0.294. The van der Waals surface area contributed by atoms with E-state index in [0.717, 1.165) is 12.0 Å². The number of nitrogens with two attached hydrogens (primary N) is 1. The van der Waals surface area contributed by atoms with E-state index in [1.165, 1.54) is 11.3 Å². The van der Waals surface area contributed by atoms with Crippen LogP contribution in [-0.2, 0) is 6.42 Å². The van der Waals surface area contributed by atoms with Gasteiger partial charge in [0.05, 0.1) is 0 Å². The number of halogens is 2. The van der Waals surface area contributed by atoms with Crippen molar-refractivity contribution in [3.63, 3.8) is 0 Å². The molecule has 0 spiro atoms. The lowest BCUT2D eigenvalue weighted by atomic mass is 9.92. The zero-order valence-electron chi connectivity index (χ0n) is 12.3. The highest BCUT2D eigenvalue weighted by Gasteiger charge is 2.17. The normalized spacial score (nSPS) is 12.2. The summed E-state index contributed by atoms with van der Waals surface area (Å²) in [6, 6.07) is 14.1. The van der Waals surface area contributed by atoms with Gasteiger partial charge in [0.15, 0.2) is 0 Å². The van der Waals surface area contributed by atoms with Crippen molar-refractivity contribution in [3.05, 3.63) is 63.6 Å². The highest BCUT2D eigenvalue weighted by atomic mass is 35.5. The Labute approximate surface area is 136 Å². The summed E-state index contributed by atoms with van der Waals surface area (Å²) < 4.78 is 0. The third kappa shape index (κ3) is 3.91. The predicted molar refractivity (Wildman–Crippen MR) is 92.7 cm³/mol. The monoisotopic (exact) mass is 322 g/mol. The van der Waals surface area contributed by atoms with E-state index >= 15 is 0 Å². The largest absolute Gasteiger partial charge is 0.378 e. The second-order valence-corrected chi connectivity index (χ2v) is 6.15. The number of nitrogens with zero attached hydrogens (tertiary/aromatic N) is 1. The zero-order chi connectivity index (χ0) is 15.4. The van der Waals surface area contributed by atoms with E-state index in [1.807, 2.05) is 32.3 Å². The summed E-state index contributed by atoms with van der Waals surface area (Å²) in [5, 5.41) is 1.37. The van der Waals surface area contributed by atoms with Crippen molar-refractivity contribution < 1.29 is 0 Å². The first kappa shape index (κ1) is 16.2. The first-order valence-corrected chi connectivity index (χ1v) is 7.68. The lowest BCUT2D eigenvalue weighted by Gasteiger charge is -2.19. The quantitative estimate of drug-likeness (QED) is 0.887. The summed E-state index contributed by atoms with van der Waals surface area (Å²) >= 11 is 12.6. The summed E-state index contributed by atoms with van der Waals surface area (Å²) in [7, 11) is 4.06. The maximum Gasteiger partial charge on any atom is 0.0456 e. The van der Waals surface area contributed by atoms with Gasteiger partial charge < -0.3 is 10.6 Å². The van der Waals surface area contributed by atoms with Gasteiger partial charge in [-0.15, -0.1) is 0 Å². The lowest BCUT2D eigenvalue weighted by Crippen LogP contribution is -2.16. The summed E-state index contributed by atoms with van der Waals surface area (Å²) in [5.41, 5.74) is 9.30. The average Bonchev–Trinajstić information content (AvgIpc) is 2.46. The van der Waals surface area contributed by atoms with Gasteiger partial charge in [-0.2, -0.15) is 0 Å². The van der Waals surface area contributed by atoms with Crippen molar-refractivity contribution in [2.24, 2.45) is 5.73 Å². The molecule has 0 saturated heterocycles. The van der Waals surface area contributed by atoms with E-state index in [1.54, 1.807) is 0 Å². The van der Waals surface area contributed by atoms with Crippen LogP contribution in [0.5, 0.6) is 0 Å². The summed E-state index contributed by atoms with van der Waals surface area (Å²) in [4.78, 5) is 2.08. The molecule has 2 N–H and O–H groups in total. The van der Waals surface area contributed by atoms with E-state index in [4.69, 9.17) is 28.9 Å². The Morgan fingerprint density at radius 2 is 1.57 bits per heavy atom. The standard InChI is InChI=1S/C17H20Cl2N2/c1-21(2)14-8-6-12(7-9-14)10-13(11-20)17-15(18)4-3-5-16(17)19/h3-9,13H,10-11,20H2,1-2H3. The molecular weight excluding hydrogens is 303 g/mol. The molecule has 0 aliphatic heterocycles. The highest BCUT2D eigenvalue weighted by Crippen LogP contribution is 2.33. The van der Waals surface area contributed by atoms with Crippen LogP contribution in [0.15, 0.2) is 42.5 Å². The Bertz CT molecular complexity index is 574. The molecule has 2 aromatic rings. The van der Waals surface area contributed by atoms with Crippen molar-refractivity contribution in [3.8, 4) is 0 Å².